The highest BCUT2D eigenvalue weighted by Crippen LogP contribution is 2.41. The van der Waals surface area contributed by atoms with Gasteiger partial charge in [0.25, 0.3) is 0 Å². The van der Waals surface area contributed by atoms with Crippen LogP contribution in [0.15, 0.2) is 0 Å². The quantitative estimate of drug-likeness (QED) is 0.847. The number of carboxylic acid groups (broad SMARTS) is 1. The first-order chi connectivity index (χ1) is 9.07. The number of carbonyl (C=O) groups is 1. The summed E-state index contributed by atoms with van der Waals surface area (Å²) >= 11 is 0. The third-order valence-electron chi connectivity index (χ3n) is 5.41. The Hall–Kier alpha value is -0.570. The Morgan fingerprint density at radius 3 is 2.53 bits per heavy atom. The fourth-order valence-electron chi connectivity index (χ4n) is 3.87. The van der Waals surface area contributed by atoms with Crippen LogP contribution in [0.5, 0.6) is 0 Å². The maximum absolute atomic E-state index is 11.8. The molecule has 1 N–H and O–H groups in total. The molecule has 1 saturated heterocycles. The molecule has 1 aliphatic heterocycles. The molecule has 0 spiro atoms. The van der Waals surface area contributed by atoms with Gasteiger partial charge in [0.1, 0.15) is 0 Å². The van der Waals surface area contributed by atoms with E-state index in [2.05, 4.69) is 18.7 Å². The normalized spacial score (nSPS) is 37.2. The van der Waals surface area contributed by atoms with E-state index >= 15 is 0 Å². The van der Waals surface area contributed by atoms with Crippen molar-refractivity contribution in [3.63, 3.8) is 0 Å². The van der Waals surface area contributed by atoms with Crippen LogP contribution in [0.25, 0.3) is 0 Å². The zero-order chi connectivity index (χ0) is 13.9. The Morgan fingerprint density at radius 2 is 1.95 bits per heavy atom. The second kappa shape index (κ2) is 6.25. The van der Waals surface area contributed by atoms with E-state index in [4.69, 9.17) is 0 Å². The summed E-state index contributed by atoms with van der Waals surface area (Å²) in [7, 11) is 0. The molecule has 1 unspecified atom stereocenters. The lowest BCUT2D eigenvalue weighted by Crippen LogP contribution is -2.50. The van der Waals surface area contributed by atoms with E-state index in [0.717, 1.165) is 45.2 Å². The summed E-state index contributed by atoms with van der Waals surface area (Å²) < 4.78 is 0. The third kappa shape index (κ3) is 3.31. The minimum Gasteiger partial charge on any atom is -0.481 e. The molecule has 0 radical (unpaired) electrons. The molecule has 0 aromatic heterocycles. The summed E-state index contributed by atoms with van der Waals surface area (Å²) in [6.07, 6.45) is 8.87. The number of hydrogen-bond acceptors (Lipinski definition) is 2. The van der Waals surface area contributed by atoms with Crippen LogP contribution in [-0.4, -0.2) is 35.1 Å². The van der Waals surface area contributed by atoms with E-state index in [-0.39, 0.29) is 0 Å². The molecule has 19 heavy (non-hydrogen) atoms. The molecule has 0 aromatic rings. The van der Waals surface area contributed by atoms with Gasteiger partial charge >= 0.3 is 5.97 Å². The van der Waals surface area contributed by atoms with Gasteiger partial charge in [-0.15, -0.1) is 0 Å². The summed E-state index contributed by atoms with van der Waals surface area (Å²) in [5, 5.41) is 9.74. The van der Waals surface area contributed by atoms with Crippen LogP contribution in [0.1, 0.15) is 65.2 Å². The first-order valence-corrected chi connectivity index (χ1v) is 8.05. The smallest absolute Gasteiger partial charge is 0.310 e. The highest BCUT2D eigenvalue weighted by Gasteiger charge is 2.43. The van der Waals surface area contributed by atoms with Crippen molar-refractivity contribution in [2.45, 2.75) is 71.3 Å². The van der Waals surface area contributed by atoms with Gasteiger partial charge in [-0.2, -0.15) is 0 Å². The molecule has 1 aliphatic carbocycles. The molecule has 1 saturated carbocycles. The van der Waals surface area contributed by atoms with Gasteiger partial charge in [0.15, 0.2) is 0 Å². The molecule has 0 bridgehead atoms. The molecule has 2 aliphatic rings. The second-order valence-electron chi connectivity index (χ2n) is 6.80. The first kappa shape index (κ1) is 14.8. The monoisotopic (exact) mass is 267 g/mol. The van der Waals surface area contributed by atoms with Crippen LogP contribution in [0.4, 0.5) is 0 Å². The number of carboxylic acids is 1. The predicted octanol–water partition coefficient (Wildman–Crippen LogP) is 3.53. The van der Waals surface area contributed by atoms with E-state index in [1.807, 2.05) is 0 Å². The number of rotatable bonds is 4. The number of piperidine rings is 1. The minimum atomic E-state index is -0.556. The van der Waals surface area contributed by atoms with Crippen LogP contribution < -0.4 is 0 Å². The molecule has 110 valence electrons. The van der Waals surface area contributed by atoms with Gasteiger partial charge in [-0.05, 0) is 57.4 Å². The standard InChI is InChI=1S/C16H29NO2/c1-3-14-6-4-5-11-17(14)12-16(15(18)19)9-7-13(2)8-10-16/h13-14H,3-12H2,1-2H3,(H,18,19). The number of aliphatic carboxylic acids is 1. The predicted molar refractivity (Wildman–Crippen MR) is 77.2 cm³/mol. The highest BCUT2D eigenvalue weighted by molar-refractivity contribution is 5.75. The molecule has 1 atom stereocenters. The maximum Gasteiger partial charge on any atom is 0.310 e. The van der Waals surface area contributed by atoms with Crippen molar-refractivity contribution in [2.24, 2.45) is 11.3 Å². The topological polar surface area (TPSA) is 40.5 Å². The number of nitrogens with zero attached hydrogens (tertiary/aromatic N) is 1. The molecule has 0 aromatic carbocycles. The average Bonchev–Trinajstić information content (AvgIpc) is 2.42. The van der Waals surface area contributed by atoms with Crippen LogP contribution >= 0.6 is 0 Å². The molecule has 2 fully saturated rings. The van der Waals surface area contributed by atoms with Gasteiger partial charge in [-0.1, -0.05) is 20.3 Å². The van der Waals surface area contributed by atoms with Crippen LogP contribution in [0, 0.1) is 11.3 Å². The van der Waals surface area contributed by atoms with Gasteiger partial charge in [-0.3, -0.25) is 9.69 Å². The lowest BCUT2D eigenvalue weighted by molar-refractivity contribution is -0.154. The minimum absolute atomic E-state index is 0.461. The third-order valence-corrected chi connectivity index (χ3v) is 5.41. The van der Waals surface area contributed by atoms with E-state index in [9.17, 15) is 9.90 Å². The van der Waals surface area contributed by atoms with Crippen molar-refractivity contribution >= 4 is 5.97 Å². The van der Waals surface area contributed by atoms with Crippen molar-refractivity contribution < 1.29 is 9.90 Å². The van der Waals surface area contributed by atoms with Crippen molar-refractivity contribution in [3.05, 3.63) is 0 Å². The Labute approximate surface area is 117 Å². The van der Waals surface area contributed by atoms with Gasteiger partial charge in [0, 0.05) is 12.6 Å². The van der Waals surface area contributed by atoms with E-state index in [0.29, 0.717) is 12.0 Å². The summed E-state index contributed by atoms with van der Waals surface area (Å²) in [6.45, 7) is 6.37. The van der Waals surface area contributed by atoms with Gasteiger partial charge in [-0.25, -0.2) is 0 Å². The van der Waals surface area contributed by atoms with Gasteiger partial charge in [0.2, 0.25) is 0 Å². The van der Waals surface area contributed by atoms with Crippen LogP contribution in [0.3, 0.4) is 0 Å². The molecule has 2 rings (SSSR count). The van der Waals surface area contributed by atoms with Gasteiger partial charge in [0.05, 0.1) is 5.41 Å². The van der Waals surface area contributed by atoms with E-state index in [1.54, 1.807) is 0 Å². The maximum atomic E-state index is 11.8. The molecule has 3 nitrogen and oxygen atoms in total. The molecular formula is C16H29NO2. The Bertz CT molecular complexity index is 308. The zero-order valence-electron chi connectivity index (χ0n) is 12.5. The van der Waals surface area contributed by atoms with Crippen LogP contribution in [0.2, 0.25) is 0 Å². The van der Waals surface area contributed by atoms with E-state index in [1.165, 1.54) is 19.3 Å². The second-order valence-corrected chi connectivity index (χ2v) is 6.80. The van der Waals surface area contributed by atoms with E-state index < -0.39 is 11.4 Å². The van der Waals surface area contributed by atoms with Crippen molar-refractivity contribution in [2.75, 3.05) is 13.1 Å². The summed E-state index contributed by atoms with van der Waals surface area (Å²) in [6, 6.07) is 0.615. The van der Waals surface area contributed by atoms with Gasteiger partial charge < -0.3 is 5.11 Å². The zero-order valence-corrected chi connectivity index (χ0v) is 12.5. The summed E-state index contributed by atoms with van der Waals surface area (Å²) in [4.78, 5) is 14.3. The largest absolute Gasteiger partial charge is 0.481 e. The Morgan fingerprint density at radius 1 is 1.26 bits per heavy atom. The molecule has 1 heterocycles. The lowest BCUT2D eigenvalue weighted by atomic mass is 9.70. The summed E-state index contributed by atoms with van der Waals surface area (Å²) in [5.74, 6) is 0.149. The molecule has 3 heteroatoms. The Balaban J connectivity index is 2.05. The van der Waals surface area contributed by atoms with Crippen LogP contribution in [-0.2, 0) is 4.79 Å². The first-order valence-electron chi connectivity index (χ1n) is 8.05. The molecule has 0 amide bonds. The van der Waals surface area contributed by atoms with Crippen molar-refractivity contribution in [1.29, 1.82) is 0 Å². The van der Waals surface area contributed by atoms with Crippen molar-refractivity contribution in [1.82, 2.24) is 4.90 Å². The summed E-state index contributed by atoms with van der Waals surface area (Å²) in [5.41, 5.74) is -0.461. The lowest BCUT2D eigenvalue weighted by Gasteiger charge is -2.43. The SMILES string of the molecule is CCC1CCCCN1CC1(C(=O)O)CCC(C)CC1. The average molecular weight is 267 g/mol. The Kier molecular flexibility index (Phi) is 4.88. The van der Waals surface area contributed by atoms with Crippen molar-refractivity contribution in [3.8, 4) is 0 Å². The fourth-order valence-corrected chi connectivity index (χ4v) is 3.87. The molecular weight excluding hydrogens is 238 g/mol. The fraction of sp³-hybridized carbons (Fsp3) is 0.938. The highest BCUT2D eigenvalue weighted by atomic mass is 16.4. The number of likely N-dealkylation sites (tertiary alicyclic amines) is 1. The number of hydrogen-bond donors (Lipinski definition) is 1.